The number of nitrogens with zero attached hydrogens (tertiary/aromatic N) is 1. The Morgan fingerprint density at radius 3 is 2.50 bits per heavy atom. The highest BCUT2D eigenvalue weighted by molar-refractivity contribution is 9.10. The molecule has 1 unspecified atom stereocenters. The van der Waals surface area contributed by atoms with Gasteiger partial charge in [-0.1, -0.05) is 13.8 Å². The molecule has 0 aliphatic heterocycles. The molecule has 102 valence electrons. The molecule has 0 spiro atoms. The molecule has 0 fully saturated rings. The summed E-state index contributed by atoms with van der Waals surface area (Å²) in [4.78, 5) is 12.2. The van der Waals surface area contributed by atoms with Crippen molar-refractivity contribution in [2.45, 2.75) is 39.8 Å². The first-order valence-electron chi connectivity index (χ1n) is 6.16. The molecule has 1 aromatic rings. The van der Waals surface area contributed by atoms with Crippen LogP contribution < -0.4 is 5.32 Å². The van der Waals surface area contributed by atoms with Gasteiger partial charge in [0.25, 0.3) is 5.91 Å². The van der Waals surface area contributed by atoms with E-state index in [1.807, 2.05) is 38.5 Å². The Bertz CT molecular complexity index is 413. The van der Waals surface area contributed by atoms with E-state index in [2.05, 4.69) is 21.2 Å². The van der Waals surface area contributed by atoms with Crippen molar-refractivity contribution in [3.05, 3.63) is 22.4 Å². The summed E-state index contributed by atoms with van der Waals surface area (Å²) in [7, 11) is 0. The predicted octanol–water partition coefficient (Wildman–Crippen LogP) is 2.58. The Balaban J connectivity index is 2.90. The third kappa shape index (κ3) is 3.59. The van der Waals surface area contributed by atoms with Crippen LogP contribution in [-0.2, 0) is 0 Å². The summed E-state index contributed by atoms with van der Waals surface area (Å²) in [6.45, 7) is 7.94. The van der Waals surface area contributed by atoms with Crippen molar-refractivity contribution in [1.29, 1.82) is 0 Å². The van der Waals surface area contributed by atoms with Gasteiger partial charge in [-0.15, -0.1) is 0 Å². The third-order valence-corrected chi connectivity index (χ3v) is 3.36. The summed E-state index contributed by atoms with van der Waals surface area (Å²) >= 11 is 3.38. The molecule has 0 aromatic carbocycles. The molecule has 2 N–H and O–H groups in total. The molecule has 1 aromatic heterocycles. The second-order valence-electron chi connectivity index (χ2n) is 5.05. The molecule has 1 amide bonds. The molecule has 0 aliphatic rings. The van der Waals surface area contributed by atoms with E-state index in [1.54, 1.807) is 6.07 Å². The van der Waals surface area contributed by atoms with Crippen molar-refractivity contribution in [2.75, 3.05) is 6.61 Å². The number of aromatic nitrogens is 1. The molecule has 18 heavy (non-hydrogen) atoms. The zero-order valence-corrected chi connectivity index (χ0v) is 12.9. The van der Waals surface area contributed by atoms with Gasteiger partial charge in [0.15, 0.2) is 0 Å². The van der Waals surface area contributed by atoms with Crippen LogP contribution in [-0.4, -0.2) is 28.2 Å². The SMILES string of the molecule is CC(C)C(CO)NC(=O)c1cc(Br)cn1C(C)C. The van der Waals surface area contributed by atoms with Gasteiger partial charge in [-0.3, -0.25) is 4.79 Å². The van der Waals surface area contributed by atoms with E-state index < -0.39 is 0 Å². The van der Waals surface area contributed by atoms with Crippen LogP contribution >= 0.6 is 15.9 Å². The summed E-state index contributed by atoms with van der Waals surface area (Å²) in [5, 5.41) is 12.1. The Morgan fingerprint density at radius 2 is 2.06 bits per heavy atom. The number of carbonyl (C=O) groups excluding carboxylic acids is 1. The fraction of sp³-hybridized carbons (Fsp3) is 0.615. The van der Waals surface area contributed by atoms with Crippen LogP contribution in [0.15, 0.2) is 16.7 Å². The van der Waals surface area contributed by atoms with Gasteiger partial charge in [-0.05, 0) is 41.8 Å². The normalized spacial score (nSPS) is 13.1. The second-order valence-corrected chi connectivity index (χ2v) is 5.97. The number of aliphatic hydroxyl groups excluding tert-OH is 1. The minimum absolute atomic E-state index is 0.0486. The molecule has 0 bridgehead atoms. The highest BCUT2D eigenvalue weighted by Gasteiger charge is 2.20. The smallest absolute Gasteiger partial charge is 0.268 e. The molecule has 1 heterocycles. The molecule has 5 heteroatoms. The lowest BCUT2D eigenvalue weighted by molar-refractivity contribution is 0.0886. The van der Waals surface area contributed by atoms with Gasteiger partial charge in [-0.2, -0.15) is 0 Å². The van der Waals surface area contributed by atoms with Gasteiger partial charge >= 0.3 is 0 Å². The first-order chi connectivity index (χ1) is 8.36. The van der Waals surface area contributed by atoms with Crippen molar-refractivity contribution >= 4 is 21.8 Å². The average Bonchev–Trinajstić information content (AvgIpc) is 2.67. The van der Waals surface area contributed by atoms with Crippen molar-refractivity contribution in [2.24, 2.45) is 5.92 Å². The summed E-state index contributed by atoms with van der Waals surface area (Å²) in [5.74, 6) is 0.0482. The molecular weight excluding hydrogens is 296 g/mol. The lowest BCUT2D eigenvalue weighted by atomic mass is 10.1. The van der Waals surface area contributed by atoms with Crippen LogP contribution in [0.25, 0.3) is 0 Å². The average molecular weight is 317 g/mol. The third-order valence-electron chi connectivity index (χ3n) is 2.92. The van der Waals surface area contributed by atoms with Crippen LogP contribution in [0.3, 0.4) is 0 Å². The van der Waals surface area contributed by atoms with Crippen molar-refractivity contribution in [3.63, 3.8) is 0 Å². The van der Waals surface area contributed by atoms with Gasteiger partial charge in [0, 0.05) is 16.7 Å². The van der Waals surface area contributed by atoms with Gasteiger partial charge in [0.2, 0.25) is 0 Å². The highest BCUT2D eigenvalue weighted by atomic mass is 79.9. The fourth-order valence-electron chi connectivity index (χ4n) is 1.72. The van der Waals surface area contributed by atoms with Crippen molar-refractivity contribution < 1.29 is 9.90 Å². The summed E-state index contributed by atoms with van der Waals surface area (Å²) in [5.41, 5.74) is 0.607. The molecule has 0 saturated heterocycles. The molecule has 0 radical (unpaired) electrons. The van der Waals surface area contributed by atoms with E-state index in [0.29, 0.717) is 5.69 Å². The molecule has 1 atom stereocenters. The number of halogens is 1. The van der Waals surface area contributed by atoms with Gasteiger partial charge in [0.05, 0.1) is 12.6 Å². The maximum Gasteiger partial charge on any atom is 0.268 e. The van der Waals surface area contributed by atoms with E-state index in [4.69, 9.17) is 0 Å². The lowest BCUT2D eigenvalue weighted by Gasteiger charge is -2.21. The molecule has 4 nitrogen and oxygen atoms in total. The van der Waals surface area contributed by atoms with Crippen LogP contribution in [0.4, 0.5) is 0 Å². The largest absolute Gasteiger partial charge is 0.394 e. The van der Waals surface area contributed by atoms with Gasteiger partial charge in [0.1, 0.15) is 5.69 Å². The topological polar surface area (TPSA) is 54.3 Å². The molecule has 0 aliphatic carbocycles. The summed E-state index contributed by atoms with van der Waals surface area (Å²) in [6.07, 6.45) is 1.89. The highest BCUT2D eigenvalue weighted by Crippen LogP contribution is 2.19. The van der Waals surface area contributed by atoms with Crippen LogP contribution in [0.5, 0.6) is 0 Å². The number of rotatable bonds is 5. The Kier molecular flexibility index (Phi) is 5.41. The number of hydrogen-bond acceptors (Lipinski definition) is 2. The van der Waals surface area contributed by atoms with Gasteiger partial charge < -0.3 is 15.0 Å². The van der Waals surface area contributed by atoms with E-state index in [-0.39, 0.29) is 30.5 Å². The van der Waals surface area contributed by atoms with Crippen LogP contribution in [0.1, 0.15) is 44.2 Å². The maximum absolute atomic E-state index is 12.2. The Hall–Kier alpha value is -0.810. The zero-order valence-electron chi connectivity index (χ0n) is 11.3. The maximum atomic E-state index is 12.2. The van der Waals surface area contributed by atoms with E-state index >= 15 is 0 Å². The Labute approximate surface area is 117 Å². The van der Waals surface area contributed by atoms with Gasteiger partial charge in [-0.25, -0.2) is 0 Å². The second kappa shape index (κ2) is 6.38. The summed E-state index contributed by atoms with van der Waals surface area (Å²) in [6, 6.07) is 1.79. The quantitative estimate of drug-likeness (QED) is 0.877. The lowest BCUT2D eigenvalue weighted by Crippen LogP contribution is -2.41. The molecule has 0 saturated carbocycles. The van der Waals surface area contributed by atoms with E-state index in [0.717, 1.165) is 4.47 Å². The predicted molar refractivity (Wildman–Crippen MR) is 75.7 cm³/mol. The fourth-order valence-corrected chi connectivity index (χ4v) is 2.16. The minimum atomic E-state index is -0.216. The molecular formula is C13H21BrN2O2. The zero-order chi connectivity index (χ0) is 13.9. The van der Waals surface area contributed by atoms with Crippen molar-refractivity contribution in [3.8, 4) is 0 Å². The van der Waals surface area contributed by atoms with Crippen LogP contribution in [0, 0.1) is 5.92 Å². The first kappa shape index (κ1) is 15.2. The first-order valence-corrected chi connectivity index (χ1v) is 6.95. The number of aliphatic hydroxyl groups is 1. The monoisotopic (exact) mass is 316 g/mol. The van der Waals surface area contributed by atoms with Crippen LogP contribution in [0.2, 0.25) is 0 Å². The number of hydrogen-bond donors (Lipinski definition) is 2. The Morgan fingerprint density at radius 1 is 1.44 bits per heavy atom. The van der Waals surface area contributed by atoms with Crippen molar-refractivity contribution in [1.82, 2.24) is 9.88 Å². The van der Waals surface area contributed by atoms with E-state index in [1.165, 1.54) is 0 Å². The van der Waals surface area contributed by atoms with E-state index in [9.17, 15) is 9.90 Å². The number of carbonyl (C=O) groups is 1. The standard InChI is InChI=1S/C13H21BrN2O2/c1-8(2)11(7-17)15-13(18)12-5-10(14)6-16(12)9(3)4/h5-6,8-9,11,17H,7H2,1-4H3,(H,15,18). The minimum Gasteiger partial charge on any atom is -0.394 e. The number of amides is 1. The number of nitrogens with one attached hydrogen (secondary N) is 1. The summed E-state index contributed by atoms with van der Waals surface area (Å²) < 4.78 is 2.79. The molecule has 1 rings (SSSR count).